The Morgan fingerprint density at radius 1 is 1.33 bits per heavy atom. The van der Waals surface area contributed by atoms with Crippen molar-refractivity contribution < 1.29 is 0 Å². The summed E-state index contributed by atoms with van der Waals surface area (Å²) in [5, 5.41) is 0. The van der Waals surface area contributed by atoms with E-state index in [1.165, 1.54) is 31.4 Å². The highest BCUT2D eigenvalue weighted by Gasteiger charge is 2.26. The number of likely N-dealkylation sites (N-methyl/N-ethyl adjacent to an activating group) is 1. The molecule has 0 saturated heterocycles. The van der Waals surface area contributed by atoms with E-state index in [-0.39, 0.29) is 5.54 Å². The summed E-state index contributed by atoms with van der Waals surface area (Å²) in [7, 11) is 2.20. The van der Waals surface area contributed by atoms with Gasteiger partial charge in [0.1, 0.15) is 0 Å². The first-order chi connectivity index (χ1) is 7.10. The predicted octanol–water partition coefficient (Wildman–Crippen LogP) is 2.58. The molecule has 0 amide bonds. The zero-order chi connectivity index (χ0) is 11.7. The Bertz CT molecular complexity index is 153. The second kappa shape index (κ2) is 8.43. The molecule has 0 fully saturated rings. The van der Waals surface area contributed by atoms with E-state index in [0.717, 1.165) is 13.1 Å². The van der Waals surface area contributed by atoms with Crippen LogP contribution in [0.2, 0.25) is 0 Å². The first kappa shape index (κ1) is 15.3. The molecule has 0 bridgehead atoms. The van der Waals surface area contributed by atoms with Crippen molar-refractivity contribution in [2.45, 2.75) is 45.1 Å². The third-order valence-electron chi connectivity index (χ3n) is 3.31. The monoisotopic (exact) mass is 232 g/mol. The van der Waals surface area contributed by atoms with Crippen molar-refractivity contribution in [3.05, 3.63) is 0 Å². The van der Waals surface area contributed by atoms with Crippen molar-refractivity contribution in [3.8, 4) is 0 Å². The Labute approximate surface area is 100.0 Å². The lowest BCUT2D eigenvalue weighted by molar-refractivity contribution is 0.139. The average Bonchev–Trinajstić information content (AvgIpc) is 2.25. The predicted molar refractivity (Wildman–Crippen MR) is 72.6 cm³/mol. The van der Waals surface area contributed by atoms with Crippen LogP contribution in [0.15, 0.2) is 0 Å². The van der Waals surface area contributed by atoms with Crippen molar-refractivity contribution in [1.82, 2.24) is 4.90 Å². The van der Waals surface area contributed by atoms with Crippen LogP contribution in [-0.2, 0) is 0 Å². The second-order valence-corrected chi connectivity index (χ2v) is 5.56. The topological polar surface area (TPSA) is 29.3 Å². The number of rotatable bonds is 9. The van der Waals surface area contributed by atoms with E-state index in [1.807, 2.05) is 11.8 Å². The fourth-order valence-electron chi connectivity index (χ4n) is 1.70. The Hall–Kier alpha value is 0.270. The fourth-order valence-corrected chi connectivity index (χ4v) is 2.16. The number of thioether (sulfide) groups is 1. The Morgan fingerprint density at radius 3 is 2.47 bits per heavy atom. The normalized spacial score (nSPS) is 15.6. The summed E-state index contributed by atoms with van der Waals surface area (Å²) in [5.41, 5.74) is 6.11. The minimum Gasteiger partial charge on any atom is -0.329 e. The van der Waals surface area contributed by atoms with E-state index in [9.17, 15) is 0 Å². The molecule has 0 radical (unpaired) electrons. The molecule has 15 heavy (non-hydrogen) atoms. The number of nitrogens with zero attached hydrogens (tertiary/aromatic N) is 1. The van der Waals surface area contributed by atoms with Gasteiger partial charge in [-0.2, -0.15) is 11.8 Å². The summed E-state index contributed by atoms with van der Waals surface area (Å²) in [6.45, 7) is 6.45. The molecule has 0 aliphatic heterocycles. The largest absolute Gasteiger partial charge is 0.329 e. The number of nitrogens with two attached hydrogens (primary N) is 1. The summed E-state index contributed by atoms with van der Waals surface area (Å²) < 4.78 is 0. The first-order valence-corrected chi connectivity index (χ1v) is 7.40. The molecule has 0 saturated carbocycles. The van der Waals surface area contributed by atoms with Crippen LogP contribution in [0.4, 0.5) is 0 Å². The van der Waals surface area contributed by atoms with Crippen molar-refractivity contribution in [3.63, 3.8) is 0 Å². The summed E-state index contributed by atoms with van der Waals surface area (Å²) in [5.74, 6) is 1.19. The third-order valence-corrected chi connectivity index (χ3v) is 3.90. The van der Waals surface area contributed by atoms with Crippen LogP contribution in [0, 0.1) is 0 Å². The zero-order valence-electron chi connectivity index (χ0n) is 10.9. The molecule has 92 valence electrons. The highest BCUT2D eigenvalue weighted by Crippen LogP contribution is 2.20. The highest BCUT2D eigenvalue weighted by molar-refractivity contribution is 7.98. The molecular weight excluding hydrogens is 204 g/mol. The maximum Gasteiger partial charge on any atom is 0.0300 e. The minimum absolute atomic E-state index is 0.199. The van der Waals surface area contributed by atoms with Gasteiger partial charge in [-0.25, -0.2) is 0 Å². The molecule has 0 spiro atoms. The lowest BCUT2D eigenvalue weighted by atomic mass is 9.93. The highest BCUT2D eigenvalue weighted by atomic mass is 32.2. The number of hydrogen-bond donors (Lipinski definition) is 1. The van der Waals surface area contributed by atoms with E-state index in [1.54, 1.807) is 0 Å². The van der Waals surface area contributed by atoms with Gasteiger partial charge in [0.05, 0.1) is 0 Å². The van der Waals surface area contributed by atoms with Crippen molar-refractivity contribution in [2.75, 3.05) is 32.1 Å². The van der Waals surface area contributed by atoms with Crippen molar-refractivity contribution in [1.29, 1.82) is 0 Å². The number of unbranched alkanes of at least 4 members (excludes halogenated alkanes) is 2. The maximum atomic E-state index is 5.91. The van der Waals surface area contributed by atoms with Crippen LogP contribution in [0.1, 0.15) is 39.5 Å². The van der Waals surface area contributed by atoms with Crippen LogP contribution in [0.25, 0.3) is 0 Å². The van der Waals surface area contributed by atoms with Crippen LogP contribution in [0.5, 0.6) is 0 Å². The van der Waals surface area contributed by atoms with Gasteiger partial charge in [0.2, 0.25) is 0 Å². The van der Waals surface area contributed by atoms with Crippen LogP contribution >= 0.6 is 11.8 Å². The van der Waals surface area contributed by atoms with E-state index in [2.05, 4.69) is 32.1 Å². The van der Waals surface area contributed by atoms with E-state index < -0.39 is 0 Å². The van der Waals surface area contributed by atoms with E-state index in [0.29, 0.717) is 0 Å². The maximum absolute atomic E-state index is 5.91. The quantitative estimate of drug-likeness (QED) is 0.620. The van der Waals surface area contributed by atoms with Gasteiger partial charge in [-0.1, -0.05) is 26.2 Å². The van der Waals surface area contributed by atoms with Gasteiger partial charge < -0.3 is 5.73 Å². The van der Waals surface area contributed by atoms with Crippen molar-refractivity contribution >= 4 is 11.8 Å². The van der Waals surface area contributed by atoms with Gasteiger partial charge in [0, 0.05) is 24.4 Å². The molecular formula is C12H28N2S. The molecule has 0 heterocycles. The molecule has 0 aromatic heterocycles. The molecule has 0 rings (SSSR count). The van der Waals surface area contributed by atoms with Crippen LogP contribution < -0.4 is 5.73 Å². The summed E-state index contributed by atoms with van der Waals surface area (Å²) >= 11 is 1.90. The summed E-state index contributed by atoms with van der Waals surface area (Å²) in [6, 6.07) is 0. The molecule has 2 nitrogen and oxygen atoms in total. The molecule has 0 aliphatic rings. The molecule has 1 atom stereocenters. The van der Waals surface area contributed by atoms with Gasteiger partial charge in [-0.3, -0.25) is 4.90 Å². The number of hydrogen-bond acceptors (Lipinski definition) is 3. The van der Waals surface area contributed by atoms with Gasteiger partial charge in [0.25, 0.3) is 0 Å². The molecule has 0 aromatic carbocycles. The van der Waals surface area contributed by atoms with E-state index >= 15 is 0 Å². The lowest BCUT2D eigenvalue weighted by Gasteiger charge is -2.38. The van der Waals surface area contributed by atoms with Gasteiger partial charge in [-0.15, -0.1) is 0 Å². The summed E-state index contributed by atoms with van der Waals surface area (Å²) in [4.78, 5) is 2.43. The molecule has 2 N–H and O–H groups in total. The molecule has 0 aromatic rings. The van der Waals surface area contributed by atoms with Gasteiger partial charge in [0.15, 0.2) is 0 Å². The third kappa shape index (κ3) is 5.79. The van der Waals surface area contributed by atoms with Crippen molar-refractivity contribution in [2.24, 2.45) is 5.73 Å². The Kier molecular flexibility index (Phi) is 8.58. The molecule has 0 aliphatic carbocycles. The van der Waals surface area contributed by atoms with Gasteiger partial charge >= 0.3 is 0 Å². The molecule has 3 heteroatoms. The fraction of sp³-hybridized carbons (Fsp3) is 1.00. The minimum atomic E-state index is 0.199. The molecule has 1 unspecified atom stereocenters. The summed E-state index contributed by atoms with van der Waals surface area (Å²) in [6.07, 6.45) is 7.29. The lowest BCUT2D eigenvalue weighted by Crippen LogP contribution is -2.50. The smallest absolute Gasteiger partial charge is 0.0300 e. The van der Waals surface area contributed by atoms with Gasteiger partial charge in [-0.05, 0) is 26.6 Å². The van der Waals surface area contributed by atoms with Crippen LogP contribution in [0.3, 0.4) is 0 Å². The Morgan fingerprint density at radius 2 is 2.00 bits per heavy atom. The first-order valence-electron chi connectivity index (χ1n) is 6.01. The second-order valence-electron chi connectivity index (χ2n) is 4.57. The SMILES string of the molecule is CCCCCC(C)(CN)N(C)CCSC. The van der Waals surface area contributed by atoms with E-state index in [4.69, 9.17) is 5.73 Å². The standard InChI is InChI=1S/C12H28N2S/c1-5-6-7-8-12(2,11-13)14(3)9-10-15-4/h5-11,13H2,1-4H3. The Balaban J connectivity index is 4.02. The zero-order valence-corrected chi connectivity index (χ0v) is 11.7. The van der Waals surface area contributed by atoms with Crippen LogP contribution in [-0.4, -0.2) is 42.6 Å². The average molecular weight is 232 g/mol.